The van der Waals surface area contributed by atoms with E-state index < -0.39 is 0 Å². The topological polar surface area (TPSA) is 21.3 Å². The van der Waals surface area contributed by atoms with Crippen molar-refractivity contribution in [2.24, 2.45) is 0 Å². The number of nitrogens with one attached hydrogen (secondary N) is 1. The molecule has 112 valence electrons. The maximum atomic E-state index is 5.67. The fraction of sp³-hybridized carbons (Fsp3) is 0.333. The Hall–Kier alpha value is -1.32. The lowest BCUT2D eigenvalue weighted by molar-refractivity contribution is 0.242. The highest BCUT2D eigenvalue weighted by Crippen LogP contribution is 2.19. The molecule has 2 nitrogen and oxygen atoms in total. The highest BCUT2D eigenvalue weighted by Gasteiger charge is 2.06. The second-order valence-corrected chi connectivity index (χ2v) is 6.38. The predicted molar refractivity (Wildman–Crippen MR) is 91.6 cm³/mol. The molecular weight excluding hydrogens is 326 g/mol. The summed E-state index contributed by atoms with van der Waals surface area (Å²) in [4.78, 5) is 0. The molecule has 1 atom stereocenters. The highest BCUT2D eigenvalue weighted by molar-refractivity contribution is 9.10. The van der Waals surface area contributed by atoms with Crippen molar-refractivity contribution in [2.45, 2.75) is 39.5 Å². The summed E-state index contributed by atoms with van der Waals surface area (Å²) in [5.74, 6) is 0.924. The third kappa shape index (κ3) is 5.18. The zero-order valence-corrected chi connectivity index (χ0v) is 14.4. The molecule has 21 heavy (non-hydrogen) atoms. The largest absolute Gasteiger partial charge is 0.491 e. The van der Waals surface area contributed by atoms with Crippen LogP contribution in [0.3, 0.4) is 0 Å². The first-order chi connectivity index (χ1) is 10.0. The molecule has 0 radical (unpaired) electrons. The third-order valence-corrected chi connectivity index (χ3v) is 3.75. The van der Waals surface area contributed by atoms with E-state index in [1.807, 2.05) is 32.0 Å². The highest BCUT2D eigenvalue weighted by atomic mass is 79.9. The maximum Gasteiger partial charge on any atom is 0.119 e. The van der Waals surface area contributed by atoms with Crippen LogP contribution in [0, 0.1) is 0 Å². The molecule has 0 bridgehead atoms. The number of hydrogen-bond acceptors (Lipinski definition) is 2. The van der Waals surface area contributed by atoms with E-state index in [0.29, 0.717) is 6.04 Å². The van der Waals surface area contributed by atoms with Gasteiger partial charge in [-0.15, -0.1) is 0 Å². The Bertz CT molecular complexity index is 566. The normalized spacial score (nSPS) is 12.4. The first-order valence-electron chi connectivity index (χ1n) is 7.29. The Labute approximate surface area is 135 Å². The van der Waals surface area contributed by atoms with Crippen molar-refractivity contribution in [3.63, 3.8) is 0 Å². The van der Waals surface area contributed by atoms with Crippen LogP contribution in [0.25, 0.3) is 0 Å². The second kappa shape index (κ2) is 7.62. The van der Waals surface area contributed by atoms with Gasteiger partial charge in [-0.3, -0.25) is 0 Å². The fourth-order valence-corrected chi connectivity index (χ4v) is 2.59. The Balaban J connectivity index is 1.92. The molecule has 0 spiro atoms. The Kier molecular flexibility index (Phi) is 5.83. The van der Waals surface area contributed by atoms with Crippen molar-refractivity contribution in [1.29, 1.82) is 0 Å². The molecule has 0 fully saturated rings. The van der Waals surface area contributed by atoms with Crippen LogP contribution in [0.2, 0.25) is 0 Å². The number of halogens is 1. The van der Waals surface area contributed by atoms with Crippen LogP contribution in [-0.2, 0) is 6.54 Å². The van der Waals surface area contributed by atoms with Crippen molar-refractivity contribution >= 4 is 15.9 Å². The second-order valence-electron chi connectivity index (χ2n) is 5.47. The average Bonchev–Trinajstić information content (AvgIpc) is 2.45. The Morgan fingerprint density at radius 3 is 2.38 bits per heavy atom. The van der Waals surface area contributed by atoms with Crippen LogP contribution in [0.15, 0.2) is 53.0 Å². The SMILES string of the molecule is CC(C)Oc1ccc(C(C)NCc2cccc(Br)c2)cc1. The minimum absolute atomic E-state index is 0.211. The summed E-state index contributed by atoms with van der Waals surface area (Å²) in [5, 5.41) is 3.54. The summed E-state index contributed by atoms with van der Waals surface area (Å²) >= 11 is 3.50. The minimum atomic E-state index is 0.211. The van der Waals surface area contributed by atoms with Gasteiger partial charge in [-0.1, -0.05) is 40.2 Å². The van der Waals surface area contributed by atoms with E-state index in [2.05, 4.69) is 58.5 Å². The van der Waals surface area contributed by atoms with Gasteiger partial charge >= 0.3 is 0 Å². The Morgan fingerprint density at radius 2 is 1.76 bits per heavy atom. The monoisotopic (exact) mass is 347 g/mol. The van der Waals surface area contributed by atoms with E-state index >= 15 is 0 Å². The van der Waals surface area contributed by atoms with Gasteiger partial charge in [-0.2, -0.15) is 0 Å². The standard InChI is InChI=1S/C18H22BrNO/c1-13(2)21-18-9-7-16(8-10-18)14(3)20-12-15-5-4-6-17(19)11-15/h4-11,13-14,20H,12H2,1-3H3. The number of rotatable bonds is 6. The van der Waals surface area contributed by atoms with Gasteiger partial charge in [0.05, 0.1) is 6.10 Å². The molecule has 0 amide bonds. The molecule has 2 aromatic carbocycles. The first-order valence-corrected chi connectivity index (χ1v) is 8.08. The van der Waals surface area contributed by atoms with Crippen LogP contribution >= 0.6 is 15.9 Å². The molecule has 2 rings (SSSR count). The molecule has 1 unspecified atom stereocenters. The van der Waals surface area contributed by atoms with Crippen molar-refractivity contribution < 1.29 is 4.74 Å². The molecule has 0 aromatic heterocycles. The summed E-state index contributed by atoms with van der Waals surface area (Å²) in [6.07, 6.45) is 0.211. The van der Waals surface area contributed by atoms with Gasteiger partial charge in [0.1, 0.15) is 5.75 Å². The van der Waals surface area contributed by atoms with E-state index in [1.54, 1.807) is 0 Å². The molecule has 1 N–H and O–H groups in total. The Morgan fingerprint density at radius 1 is 1.05 bits per heavy atom. The summed E-state index contributed by atoms with van der Waals surface area (Å²) in [7, 11) is 0. The van der Waals surface area contributed by atoms with Crippen molar-refractivity contribution in [3.8, 4) is 5.75 Å². The van der Waals surface area contributed by atoms with Crippen LogP contribution in [0.4, 0.5) is 0 Å². The minimum Gasteiger partial charge on any atom is -0.491 e. The van der Waals surface area contributed by atoms with Gasteiger partial charge in [-0.05, 0) is 56.2 Å². The van der Waals surface area contributed by atoms with Crippen molar-refractivity contribution in [3.05, 3.63) is 64.1 Å². The summed E-state index contributed by atoms with van der Waals surface area (Å²) in [5.41, 5.74) is 2.54. The van der Waals surface area contributed by atoms with Gasteiger partial charge in [0.25, 0.3) is 0 Å². The first kappa shape index (κ1) is 16.1. The lowest BCUT2D eigenvalue weighted by Gasteiger charge is -2.16. The van der Waals surface area contributed by atoms with E-state index in [0.717, 1.165) is 16.8 Å². The molecule has 0 saturated heterocycles. The number of ether oxygens (including phenoxy) is 1. The fourth-order valence-electron chi connectivity index (χ4n) is 2.14. The van der Waals surface area contributed by atoms with E-state index in [1.165, 1.54) is 11.1 Å². The predicted octanol–water partition coefficient (Wildman–Crippen LogP) is 5.09. The average molecular weight is 348 g/mol. The van der Waals surface area contributed by atoms with Gasteiger partial charge in [0.15, 0.2) is 0 Å². The zero-order chi connectivity index (χ0) is 15.2. The van der Waals surface area contributed by atoms with E-state index in [-0.39, 0.29) is 6.10 Å². The molecule has 0 aliphatic rings. The van der Waals surface area contributed by atoms with Crippen LogP contribution in [0.1, 0.15) is 37.9 Å². The smallest absolute Gasteiger partial charge is 0.119 e. The van der Waals surface area contributed by atoms with Gasteiger partial charge in [0, 0.05) is 17.1 Å². The van der Waals surface area contributed by atoms with Gasteiger partial charge < -0.3 is 10.1 Å². The zero-order valence-electron chi connectivity index (χ0n) is 12.8. The van der Waals surface area contributed by atoms with Gasteiger partial charge in [0.2, 0.25) is 0 Å². The third-order valence-electron chi connectivity index (χ3n) is 3.25. The van der Waals surface area contributed by atoms with Crippen LogP contribution in [0.5, 0.6) is 5.75 Å². The molecule has 0 aliphatic carbocycles. The molecular formula is C18H22BrNO. The lowest BCUT2D eigenvalue weighted by atomic mass is 10.1. The summed E-state index contributed by atoms with van der Waals surface area (Å²) < 4.78 is 6.78. The quantitative estimate of drug-likeness (QED) is 0.785. The van der Waals surface area contributed by atoms with E-state index in [4.69, 9.17) is 4.74 Å². The van der Waals surface area contributed by atoms with Crippen LogP contribution < -0.4 is 10.1 Å². The number of hydrogen-bond donors (Lipinski definition) is 1. The van der Waals surface area contributed by atoms with Crippen molar-refractivity contribution in [2.75, 3.05) is 0 Å². The van der Waals surface area contributed by atoms with Gasteiger partial charge in [-0.25, -0.2) is 0 Å². The maximum absolute atomic E-state index is 5.67. The van der Waals surface area contributed by atoms with E-state index in [9.17, 15) is 0 Å². The van der Waals surface area contributed by atoms with Crippen molar-refractivity contribution in [1.82, 2.24) is 5.32 Å². The molecule has 0 saturated carbocycles. The molecule has 2 aromatic rings. The molecule has 0 heterocycles. The molecule has 0 aliphatic heterocycles. The summed E-state index contributed by atoms with van der Waals surface area (Å²) in [6.45, 7) is 7.10. The molecule has 3 heteroatoms. The lowest BCUT2D eigenvalue weighted by Crippen LogP contribution is -2.18. The van der Waals surface area contributed by atoms with Crippen LogP contribution in [-0.4, -0.2) is 6.10 Å². The number of benzene rings is 2. The summed E-state index contributed by atoms with van der Waals surface area (Å²) in [6, 6.07) is 17.0.